The number of carbonyl (C=O) groups is 2. The number of halogens is 3. The highest BCUT2D eigenvalue weighted by Gasteiger charge is 2.41. The lowest BCUT2D eigenvalue weighted by atomic mass is 9.83. The summed E-state index contributed by atoms with van der Waals surface area (Å²) in [5, 5.41) is 2.42. The Kier molecular flexibility index (Phi) is 10.1. The van der Waals surface area contributed by atoms with Gasteiger partial charge in [0.2, 0.25) is 11.8 Å². The Bertz CT molecular complexity index is 1070. The Morgan fingerprint density at radius 2 is 1.66 bits per heavy atom. The molecule has 0 spiro atoms. The molecule has 0 unspecified atom stereocenters. The van der Waals surface area contributed by atoms with Crippen LogP contribution >= 0.6 is 15.9 Å². The highest BCUT2D eigenvalue weighted by Crippen LogP contribution is 2.38. The van der Waals surface area contributed by atoms with Crippen molar-refractivity contribution in [1.29, 1.82) is 0 Å². The molecular weight excluding hydrogens is 556 g/mol. The summed E-state index contributed by atoms with van der Waals surface area (Å²) in [7, 11) is 0. The molecule has 206 valence electrons. The Hall–Kier alpha value is -2.52. The van der Waals surface area contributed by atoms with E-state index in [0.717, 1.165) is 40.6 Å². The van der Waals surface area contributed by atoms with Crippen molar-refractivity contribution in [3.63, 3.8) is 0 Å². The van der Waals surface area contributed by atoms with Crippen LogP contribution in [0.15, 0.2) is 53.0 Å². The van der Waals surface area contributed by atoms with Gasteiger partial charge in [-0.1, -0.05) is 65.5 Å². The maximum Gasteiger partial charge on any atom is 0.259 e. The standard InChI is InChI=1S/C29H36BrF2N3O3/c30-25-12-10-22(11-13-25)21-38-26-9-5-4-6-23(26)20-34-14-16-35(17-15-34)28(37)19-33-27(36)18-29(31,32)24-7-2-1-3-8-24/h4-6,9-13,24H,1-3,7-8,14-21H2,(H,33,36). The molecule has 6 nitrogen and oxygen atoms in total. The molecule has 2 fully saturated rings. The van der Waals surface area contributed by atoms with Crippen molar-refractivity contribution in [2.75, 3.05) is 32.7 Å². The predicted molar refractivity (Wildman–Crippen MR) is 146 cm³/mol. The van der Waals surface area contributed by atoms with Crippen molar-refractivity contribution >= 4 is 27.7 Å². The fourth-order valence-electron chi connectivity index (χ4n) is 5.15. The minimum atomic E-state index is -3.02. The number of ether oxygens (including phenoxy) is 1. The van der Waals surface area contributed by atoms with Crippen LogP contribution in [0, 0.1) is 5.92 Å². The number of piperazine rings is 1. The third-order valence-corrected chi connectivity index (χ3v) is 7.96. The first kappa shape index (κ1) is 28.5. The number of para-hydroxylation sites is 1. The predicted octanol–water partition coefficient (Wildman–Crippen LogP) is 5.39. The average Bonchev–Trinajstić information content (AvgIpc) is 2.93. The molecule has 2 aromatic carbocycles. The highest BCUT2D eigenvalue weighted by molar-refractivity contribution is 9.10. The van der Waals surface area contributed by atoms with Gasteiger partial charge in [-0.25, -0.2) is 8.78 Å². The van der Waals surface area contributed by atoms with Crippen molar-refractivity contribution in [3.8, 4) is 5.75 Å². The smallest absolute Gasteiger partial charge is 0.259 e. The van der Waals surface area contributed by atoms with E-state index in [0.29, 0.717) is 52.2 Å². The molecule has 38 heavy (non-hydrogen) atoms. The van der Waals surface area contributed by atoms with Crippen molar-refractivity contribution < 1.29 is 23.1 Å². The van der Waals surface area contributed by atoms with Crippen LogP contribution in [0.3, 0.4) is 0 Å². The topological polar surface area (TPSA) is 61.9 Å². The van der Waals surface area contributed by atoms with Crippen LogP contribution in [0.25, 0.3) is 0 Å². The first-order chi connectivity index (χ1) is 18.3. The second-order valence-electron chi connectivity index (χ2n) is 10.2. The monoisotopic (exact) mass is 591 g/mol. The van der Waals surface area contributed by atoms with Gasteiger partial charge in [-0.2, -0.15) is 0 Å². The van der Waals surface area contributed by atoms with Crippen molar-refractivity contribution in [3.05, 3.63) is 64.1 Å². The highest BCUT2D eigenvalue weighted by atomic mass is 79.9. The molecule has 2 amide bonds. The summed E-state index contributed by atoms with van der Waals surface area (Å²) in [4.78, 5) is 28.7. The Labute approximate surface area is 231 Å². The molecule has 0 bridgehead atoms. The molecular formula is C29H36BrF2N3O3. The van der Waals surface area contributed by atoms with Gasteiger partial charge in [-0.05, 0) is 36.6 Å². The molecule has 1 aliphatic carbocycles. The van der Waals surface area contributed by atoms with Crippen LogP contribution in [-0.2, 0) is 22.7 Å². The van der Waals surface area contributed by atoms with Crippen LogP contribution in [0.5, 0.6) is 5.75 Å². The van der Waals surface area contributed by atoms with E-state index in [-0.39, 0.29) is 12.5 Å². The summed E-state index contributed by atoms with van der Waals surface area (Å²) in [6.07, 6.45) is 2.64. The minimum Gasteiger partial charge on any atom is -0.489 e. The van der Waals surface area contributed by atoms with Gasteiger partial charge >= 0.3 is 0 Å². The van der Waals surface area contributed by atoms with Crippen LogP contribution in [0.1, 0.15) is 49.7 Å². The van der Waals surface area contributed by atoms with Gasteiger partial charge in [-0.15, -0.1) is 0 Å². The molecule has 4 rings (SSSR count). The summed E-state index contributed by atoms with van der Waals surface area (Å²) in [6.45, 7) is 3.34. The molecule has 9 heteroatoms. The number of hydrogen-bond acceptors (Lipinski definition) is 4. The third kappa shape index (κ3) is 8.24. The lowest BCUT2D eigenvalue weighted by Crippen LogP contribution is -2.51. The molecule has 2 aliphatic rings. The molecule has 1 saturated heterocycles. The number of nitrogens with one attached hydrogen (secondary N) is 1. The zero-order valence-electron chi connectivity index (χ0n) is 21.6. The molecule has 1 N–H and O–H groups in total. The van der Waals surface area contributed by atoms with Crippen LogP contribution < -0.4 is 10.1 Å². The third-order valence-electron chi connectivity index (χ3n) is 7.43. The zero-order valence-corrected chi connectivity index (χ0v) is 23.2. The zero-order chi connectivity index (χ0) is 27.0. The fourth-order valence-corrected chi connectivity index (χ4v) is 5.41. The van der Waals surface area contributed by atoms with Gasteiger partial charge in [-0.3, -0.25) is 14.5 Å². The summed E-state index contributed by atoms with van der Waals surface area (Å²) < 4.78 is 36.0. The van der Waals surface area contributed by atoms with Gasteiger partial charge in [0.05, 0.1) is 13.0 Å². The van der Waals surface area contributed by atoms with Gasteiger partial charge < -0.3 is 15.0 Å². The summed E-state index contributed by atoms with van der Waals surface area (Å²) >= 11 is 3.44. The largest absolute Gasteiger partial charge is 0.489 e. The van der Waals surface area contributed by atoms with Crippen molar-refractivity contribution in [2.24, 2.45) is 5.92 Å². The van der Waals surface area contributed by atoms with E-state index in [4.69, 9.17) is 4.74 Å². The first-order valence-electron chi connectivity index (χ1n) is 13.4. The van der Waals surface area contributed by atoms with E-state index >= 15 is 0 Å². The molecule has 0 aromatic heterocycles. The Balaban J connectivity index is 1.19. The number of alkyl halides is 2. The molecule has 1 saturated carbocycles. The van der Waals surface area contributed by atoms with Crippen molar-refractivity contribution in [2.45, 2.75) is 57.6 Å². The lowest BCUT2D eigenvalue weighted by Gasteiger charge is -2.35. The van der Waals surface area contributed by atoms with Crippen LogP contribution in [0.2, 0.25) is 0 Å². The van der Waals surface area contributed by atoms with E-state index in [1.54, 1.807) is 4.90 Å². The second-order valence-corrected chi connectivity index (χ2v) is 11.1. The van der Waals surface area contributed by atoms with Crippen LogP contribution in [0.4, 0.5) is 8.78 Å². The summed E-state index contributed by atoms with van der Waals surface area (Å²) in [5.41, 5.74) is 2.16. The van der Waals surface area contributed by atoms with E-state index in [1.807, 2.05) is 48.5 Å². The SMILES string of the molecule is O=C(CC(F)(F)C1CCCCC1)NCC(=O)N1CCN(Cc2ccccc2OCc2ccc(Br)cc2)CC1. The van der Waals surface area contributed by atoms with Crippen LogP contribution in [-0.4, -0.2) is 60.3 Å². The fraction of sp³-hybridized carbons (Fsp3) is 0.517. The normalized spacial score (nSPS) is 17.3. The van der Waals surface area contributed by atoms with Gasteiger partial charge in [0.15, 0.2) is 0 Å². The summed E-state index contributed by atoms with van der Waals surface area (Å²) in [5.74, 6) is -3.91. The quantitative estimate of drug-likeness (QED) is 0.402. The van der Waals surface area contributed by atoms with Crippen molar-refractivity contribution in [1.82, 2.24) is 15.1 Å². The average molecular weight is 593 g/mol. The number of amides is 2. The summed E-state index contributed by atoms with van der Waals surface area (Å²) in [6, 6.07) is 16.0. The maximum atomic E-state index is 14.5. The minimum absolute atomic E-state index is 0.239. The number of benzene rings is 2. The van der Waals surface area contributed by atoms with Gasteiger partial charge in [0, 0.05) is 48.7 Å². The maximum absolute atomic E-state index is 14.5. The molecule has 2 aromatic rings. The molecule has 1 heterocycles. The van der Waals surface area contributed by atoms with E-state index in [9.17, 15) is 18.4 Å². The molecule has 0 radical (unpaired) electrons. The van der Waals surface area contributed by atoms with E-state index < -0.39 is 24.2 Å². The molecule has 1 aliphatic heterocycles. The number of rotatable bonds is 10. The second kappa shape index (κ2) is 13.5. The number of hydrogen-bond donors (Lipinski definition) is 1. The number of carbonyl (C=O) groups excluding carboxylic acids is 2. The van der Waals surface area contributed by atoms with E-state index in [1.165, 1.54) is 0 Å². The first-order valence-corrected chi connectivity index (χ1v) is 14.2. The Morgan fingerprint density at radius 3 is 2.37 bits per heavy atom. The van der Waals surface area contributed by atoms with Gasteiger partial charge in [0.25, 0.3) is 5.92 Å². The number of nitrogens with zero attached hydrogens (tertiary/aromatic N) is 2. The Morgan fingerprint density at radius 1 is 0.974 bits per heavy atom. The lowest BCUT2D eigenvalue weighted by molar-refractivity contribution is -0.139. The van der Waals surface area contributed by atoms with E-state index in [2.05, 4.69) is 26.1 Å². The molecule has 0 atom stereocenters. The van der Waals surface area contributed by atoms with Gasteiger partial charge in [0.1, 0.15) is 12.4 Å².